The van der Waals surface area contributed by atoms with Crippen LogP contribution in [-0.2, 0) is 7.05 Å². The fourth-order valence-corrected chi connectivity index (χ4v) is 2.50. The van der Waals surface area contributed by atoms with E-state index in [4.69, 9.17) is 19.9 Å². The molecule has 0 radical (unpaired) electrons. The van der Waals surface area contributed by atoms with Crippen LogP contribution >= 0.6 is 0 Å². The number of hydrogen-bond donors (Lipinski definition) is 2. The number of aryl methyl sites for hydroxylation is 1. The quantitative estimate of drug-likeness (QED) is 0.733. The van der Waals surface area contributed by atoms with E-state index >= 15 is 0 Å². The highest BCUT2D eigenvalue weighted by molar-refractivity contribution is 5.90. The number of imidazole rings is 1. The number of carbonyl (C=O) groups is 1. The van der Waals surface area contributed by atoms with Crippen LogP contribution in [0.2, 0.25) is 0 Å². The van der Waals surface area contributed by atoms with Gasteiger partial charge in [-0.3, -0.25) is 0 Å². The molecule has 3 aromatic rings. The monoisotopic (exact) mass is 343 g/mol. The summed E-state index contributed by atoms with van der Waals surface area (Å²) in [6.45, 7) is 0. The van der Waals surface area contributed by atoms with Crippen molar-refractivity contribution in [3.05, 3.63) is 35.9 Å². The van der Waals surface area contributed by atoms with Crippen LogP contribution in [-0.4, -0.2) is 34.8 Å². The number of aromatic carboxylic acids is 1. The zero-order valence-corrected chi connectivity index (χ0v) is 13.9. The van der Waals surface area contributed by atoms with E-state index in [0.29, 0.717) is 17.2 Å². The summed E-state index contributed by atoms with van der Waals surface area (Å²) in [4.78, 5) is 15.5. The molecule has 0 atom stereocenters. The molecule has 0 aliphatic heterocycles. The van der Waals surface area contributed by atoms with E-state index < -0.39 is 5.97 Å². The van der Waals surface area contributed by atoms with Crippen LogP contribution in [0.1, 0.15) is 10.4 Å². The minimum Gasteiger partial charge on any atom is -0.493 e. The van der Waals surface area contributed by atoms with E-state index in [0.717, 1.165) is 5.52 Å². The van der Waals surface area contributed by atoms with Crippen molar-refractivity contribution in [1.29, 1.82) is 0 Å². The van der Waals surface area contributed by atoms with Crippen LogP contribution in [0.15, 0.2) is 30.3 Å². The number of nitrogens with zero attached hydrogens (tertiary/aromatic N) is 2. The second-order valence-corrected chi connectivity index (χ2v) is 5.27. The summed E-state index contributed by atoms with van der Waals surface area (Å²) >= 11 is 0. The molecule has 8 heteroatoms. The van der Waals surface area contributed by atoms with Crippen LogP contribution in [0.4, 0.5) is 5.95 Å². The molecule has 3 rings (SSSR count). The van der Waals surface area contributed by atoms with Gasteiger partial charge in [0.15, 0.2) is 17.2 Å². The lowest BCUT2D eigenvalue weighted by molar-refractivity contribution is 0.0696. The summed E-state index contributed by atoms with van der Waals surface area (Å²) in [7, 11) is 4.65. The van der Waals surface area contributed by atoms with Crippen molar-refractivity contribution in [3.8, 4) is 23.0 Å². The van der Waals surface area contributed by atoms with E-state index in [1.54, 1.807) is 17.7 Å². The number of carboxylic acids is 1. The molecule has 0 aliphatic rings. The molecule has 25 heavy (non-hydrogen) atoms. The molecule has 3 N–H and O–H groups in total. The number of benzene rings is 2. The maximum atomic E-state index is 11.2. The first-order valence-corrected chi connectivity index (χ1v) is 7.34. The topological polar surface area (TPSA) is 109 Å². The van der Waals surface area contributed by atoms with Crippen LogP contribution in [0.5, 0.6) is 23.0 Å². The van der Waals surface area contributed by atoms with Gasteiger partial charge in [-0.1, -0.05) is 6.07 Å². The van der Waals surface area contributed by atoms with Crippen LogP contribution < -0.4 is 19.9 Å². The van der Waals surface area contributed by atoms with Gasteiger partial charge in [0.25, 0.3) is 0 Å². The summed E-state index contributed by atoms with van der Waals surface area (Å²) in [6, 6.07) is 8.15. The lowest BCUT2D eigenvalue weighted by Crippen LogP contribution is -2.01. The number of hydrogen-bond acceptors (Lipinski definition) is 6. The zero-order valence-electron chi connectivity index (χ0n) is 13.9. The predicted octanol–water partition coefficient (Wildman–Crippen LogP) is 2.66. The van der Waals surface area contributed by atoms with Gasteiger partial charge in [0.1, 0.15) is 5.52 Å². The predicted molar refractivity (Wildman–Crippen MR) is 91.7 cm³/mol. The Morgan fingerprint density at radius 2 is 1.80 bits per heavy atom. The molecular weight excluding hydrogens is 326 g/mol. The summed E-state index contributed by atoms with van der Waals surface area (Å²) in [5.41, 5.74) is 7.27. The van der Waals surface area contributed by atoms with E-state index in [9.17, 15) is 9.90 Å². The molecule has 8 nitrogen and oxygen atoms in total. The van der Waals surface area contributed by atoms with Gasteiger partial charge >= 0.3 is 5.97 Å². The van der Waals surface area contributed by atoms with Crippen molar-refractivity contribution in [1.82, 2.24) is 9.55 Å². The van der Waals surface area contributed by atoms with E-state index in [1.165, 1.54) is 26.4 Å². The van der Waals surface area contributed by atoms with E-state index in [2.05, 4.69) is 4.98 Å². The molecular formula is C17H17N3O5. The third-order valence-corrected chi connectivity index (χ3v) is 3.83. The highest BCUT2D eigenvalue weighted by atomic mass is 16.5. The number of carboxylic acid groups (broad SMARTS) is 1. The molecule has 0 saturated carbocycles. The third kappa shape index (κ3) is 2.78. The number of nitrogen functional groups attached to an aromatic ring is 1. The number of aromatic nitrogens is 2. The fraction of sp³-hybridized carbons (Fsp3) is 0.176. The SMILES string of the molecule is COc1cc(C(=O)O)cc(OC)c1Oc1cccc2c1nc(N)n2C. The Bertz CT molecular complexity index is 939. The Morgan fingerprint density at radius 3 is 2.36 bits per heavy atom. The van der Waals surface area contributed by atoms with Gasteiger partial charge in [-0.05, 0) is 24.3 Å². The molecule has 2 aromatic carbocycles. The number of nitrogens with two attached hydrogens (primary N) is 1. The molecule has 1 heterocycles. The van der Waals surface area contributed by atoms with Crippen molar-refractivity contribution >= 4 is 23.0 Å². The molecule has 0 aliphatic carbocycles. The first-order valence-electron chi connectivity index (χ1n) is 7.34. The third-order valence-electron chi connectivity index (χ3n) is 3.83. The van der Waals surface area contributed by atoms with Gasteiger partial charge < -0.3 is 29.6 Å². The van der Waals surface area contributed by atoms with Gasteiger partial charge in [0.2, 0.25) is 11.7 Å². The Balaban J connectivity index is 2.15. The van der Waals surface area contributed by atoms with E-state index in [1.807, 2.05) is 12.1 Å². The van der Waals surface area contributed by atoms with Crippen molar-refractivity contribution in [2.24, 2.45) is 7.05 Å². The lowest BCUT2D eigenvalue weighted by atomic mass is 10.2. The summed E-state index contributed by atoms with van der Waals surface area (Å²) in [6.07, 6.45) is 0. The molecule has 0 amide bonds. The maximum Gasteiger partial charge on any atom is 0.335 e. The van der Waals surface area contributed by atoms with Gasteiger partial charge in [-0.25, -0.2) is 9.78 Å². The standard InChI is InChI=1S/C17H17N3O5/c1-20-10-5-4-6-11(14(10)19-17(20)18)25-15-12(23-2)7-9(16(21)22)8-13(15)24-3/h4-8H,1-3H3,(H2,18,19)(H,21,22). The molecule has 1 aromatic heterocycles. The number of methoxy groups -OCH3 is 2. The molecule has 0 saturated heterocycles. The second-order valence-electron chi connectivity index (χ2n) is 5.27. The van der Waals surface area contributed by atoms with Crippen molar-refractivity contribution in [2.45, 2.75) is 0 Å². The number of anilines is 1. The minimum absolute atomic E-state index is 0.0290. The fourth-order valence-electron chi connectivity index (χ4n) is 2.50. The normalized spacial score (nSPS) is 10.7. The maximum absolute atomic E-state index is 11.2. The van der Waals surface area contributed by atoms with Crippen molar-refractivity contribution in [2.75, 3.05) is 20.0 Å². The second kappa shape index (κ2) is 6.23. The van der Waals surface area contributed by atoms with Gasteiger partial charge in [-0.15, -0.1) is 0 Å². The average Bonchev–Trinajstić information content (AvgIpc) is 2.90. The van der Waals surface area contributed by atoms with Gasteiger partial charge in [0, 0.05) is 7.05 Å². The van der Waals surface area contributed by atoms with E-state index in [-0.39, 0.29) is 22.8 Å². The van der Waals surface area contributed by atoms with Crippen molar-refractivity contribution < 1.29 is 24.1 Å². The Hall–Kier alpha value is -3.42. The lowest BCUT2D eigenvalue weighted by Gasteiger charge is -2.15. The first kappa shape index (κ1) is 16.4. The summed E-state index contributed by atoms with van der Waals surface area (Å²) in [5.74, 6) is 0.431. The van der Waals surface area contributed by atoms with Gasteiger partial charge in [-0.2, -0.15) is 0 Å². The first-order chi connectivity index (χ1) is 12.0. The van der Waals surface area contributed by atoms with Crippen LogP contribution in [0.3, 0.4) is 0 Å². The molecule has 0 fully saturated rings. The number of para-hydroxylation sites is 1. The summed E-state index contributed by atoms with van der Waals surface area (Å²) < 4.78 is 18.3. The Morgan fingerprint density at radius 1 is 1.16 bits per heavy atom. The zero-order chi connectivity index (χ0) is 18.1. The summed E-state index contributed by atoms with van der Waals surface area (Å²) in [5, 5.41) is 9.20. The highest BCUT2D eigenvalue weighted by Crippen LogP contribution is 2.42. The van der Waals surface area contributed by atoms with Crippen LogP contribution in [0.25, 0.3) is 11.0 Å². The molecule has 0 spiro atoms. The smallest absolute Gasteiger partial charge is 0.335 e. The molecule has 0 unspecified atom stereocenters. The Labute approximate surface area is 143 Å². The highest BCUT2D eigenvalue weighted by Gasteiger charge is 2.20. The van der Waals surface area contributed by atoms with Crippen LogP contribution in [0, 0.1) is 0 Å². The number of fused-ring (bicyclic) bond motifs is 1. The largest absolute Gasteiger partial charge is 0.493 e. The Kier molecular flexibility index (Phi) is 4.10. The number of rotatable bonds is 5. The van der Waals surface area contributed by atoms with Gasteiger partial charge in [0.05, 0.1) is 25.3 Å². The van der Waals surface area contributed by atoms with Crippen molar-refractivity contribution in [3.63, 3.8) is 0 Å². The minimum atomic E-state index is -1.09. The molecule has 130 valence electrons. The average molecular weight is 343 g/mol. The number of ether oxygens (including phenoxy) is 3. The molecule has 0 bridgehead atoms.